The van der Waals surface area contributed by atoms with E-state index in [0.29, 0.717) is 5.92 Å². The maximum Gasteiger partial charge on any atom is 0.259 e. The van der Waals surface area contributed by atoms with Gasteiger partial charge in [0, 0.05) is 20.6 Å². The second-order valence-electron chi connectivity index (χ2n) is 5.58. The van der Waals surface area contributed by atoms with Gasteiger partial charge < -0.3 is 15.0 Å². The van der Waals surface area contributed by atoms with E-state index in [0.717, 1.165) is 18.8 Å². The summed E-state index contributed by atoms with van der Waals surface area (Å²) in [6.45, 7) is 6.36. The Balaban J connectivity index is 2.39. The normalized spacial score (nSPS) is 10.7. The van der Waals surface area contributed by atoms with Crippen LogP contribution in [0.5, 0.6) is 5.75 Å². The van der Waals surface area contributed by atoms with Crippen molar-refractivity contribution in [2.75, 3.05) is 27.2 Å². The molecule has 0 heterocycles. The predicted octanol–water partition coefficient (Wildman–Crippen LogP) is 2.29. The first-order valence-electron chi connectivity index (χ1n) is 7.11. The number of amides is 1. The molecule has 0 aliphatic heterocycles. The molecule has 1 amide bonds. The van der Waals surface area contributed by atoms with Crippen molar-refractivity contribution in [3.8, 4) is 5.75 Å². The van der Waals surface area contributed by atoms with Crippen LogP contribution in [0.3, 0.4) is 0 Å². The zero-order valence-electron chi connectivity index (χ0n) is 13.0. The molecule has 112 valence electrons. The van der Waals surface area contributed by atoms with E-state index < -0.39 is 0 Å². The van der Waals surface area contributed by atoms with Gasteiger partial charge in [-0.3, -0.25) is 4.79 Å². The zero-order chi connectivity index (χ0) is 15.0. The van der Waals surface area contributed by atoms with Crippen molar-refractivity contribution < 1.29 is 9.53 Å². The number of hydrogen-bond donors (Lipinski definition) is 1. The summed E-state index contributed by atoms with van der Waals surface area (Å²) < 4.78 is 5.50. The van der Waals surface area contributed by atoms with Crippen LogP contribution < -0.4 is 10.1 Å². The molecule has 4 nitrogen and oxygen atoms in total. The molecule has 0 fully saturated rings. The Morgan fingerprint density at radius 2 is 2.10 bits per heavy atom. The Kier molecular flexibility index (Phi) is 7.09. The number of rotatable bonds is 8. The SMILES string of the molecule is CC(C)CCNCc1cccc(OCC(=O)N(C)C)c1. The fourth-order valence-corrected chi connectivity index (χ4v) is 1.64. The van der Waals surface area contributed by atoms with E-state index in [1.807, 2.05) is 18.2 Å². The highest BCUT2D eigenvalue weighted by Gasteiger charge is 2.05. The minimum absolute atomic E-state index is 0.0366. The molecule has 20 heavy (non-hydrogen) atoms. The third-order valence-electron chi connectivity index (χ3n) is 2.99. The number of nitrogens with one attached hydrogen (secondary N) is 1. The molecule has 1 aromatic carbocycles. The van der Waals surface area contributed by atoms with E-state index in [2.05, 4.69) is 25.2 Å². The summed E-state index contributed by atoms with van der Waals surface area (Å²) in [5.41, 5.74) is 1.17. The second-order valence-corrected chi connectivity index (χ2v) is 5.58. The molecule has 1 rings (SSSR count). The van der Waals surface area contributed by atoms with Gasteiger partial charge in [-0.1, -0.05) is 26.0 Å². The van der Waals surface area contributed by atoms with Crippen LogP contribution in [0, 0.1) is 5.92 Å². The minimum Gasteiger partial charge on any atom is -0.484 e. The third kappa shape index (κ3) is 6.57. The first-order valence-corrected chi connectivity index (χ1v) is 7.11. The molecule has 0 spiro atoms. The average molecular weight is 278 g/mol. The van der Waals surface area contributed by atoms with Crippen LogP contribution in [-0.4, -0.2) is 38.1 Å². The molecule has 0 aliphatic rings. The van der Waals surface area contributed by atoms with Crippen LogP contribution in [-0.2, 0) is 11.3 Å². The highest BCUT2D eigenvalue weighted by Crippen LogP contribution is 2.13. The van der Waals surface area contributed by atoms with Crippen molar-refractivity contribution in [3.63, 3.8) is 0 Å². The number of nitrogens with zero attached hydrogens (tertiary/aromatic N) is 1. The first-order chi connectivity index (χ1) is 9.49. The Labute approximate surface area is 122 Å². The van der Waals surface area contributed by atoms with E-state index in [1.54, 1.807) is 14.1 Å². The van der Waals surface area contributed by atoms with Crippen LogP contribution in [0.15, 0.2) is 24.3 Å². The number of carbonyl (C=O) groups is 1. The van der Waals surface area contributed by atoms with Crippen LogP contribution in [0.25, 0.3) is 0 Å². The topological polar surface area (TPSA) is 41.6 Å². The smallest absolute Gasteiger partial charge is 0.259 e. The van der Waals surface area contributed by atoms with Crippen LogP contribution in [0.1, 0.15) is 25.8 Å². The first kappa shape index (κ1) is 16.5. The fourth-order valence-electron chi connectivity index (χ4n) is 1.64. The molecule has 0 radical (unpaired) electrons. The van der Waals surface area contributed by atoms with Gasteiger partial charge in [0.1, 0.15) is 5.75 Å². The van der Waals surface area contributed by atoms with E-state index in [-0.39, 0.29) is 12.5 Å². The number of benzene rings is 1. The zero-order valence-corrected chi connectivity index (χ0v) is 13.0. The number of hydrogen-bond acceptors (Lipinski definition) is 3. The van der Waals surface area contributed by atoms with Gasteiger partial charge >= 0.3 is 0 Å². The van der Waals surface area contributed by atoms with E-state index in [1.165, 1.54) is 16.9 Å². The monoisotopic (exact) mass is 278 g/mol. The lowest BCUT2D eigenvalue weighted by Gasteiger charge is -2.12. The van der Waals surface area contributed by atoms with Crippen molar-refractivity contribution in [1.82, 2.24) is 10.2 Å². The average Bonchev–Trinajstić information content (AvgIpc) is 2.41. The molecule has 0 aliphatic carbocycles. The summed E-state index contributed by atoms with van der Waals surface area (Å²) in [5.74, 6) is 1.42. The summed E-state index contributed by atoms with van der Waals surface area (Å²) in [5, 5.41) is 3.41. The van der Waals surface area contributed by atoms with Crippen LogP contribution in [0.4, 0.5) is 0 Å². The molecule has 0 saturated heterocycles. The van der Waals surface area contributed by atoms with Gasteiger partial charge in [-0.15, -0.1) is 0 Å². The molecule has 1 aromatic rings. The Bertz CT molecular complexity index is 417. The van der Waals surface area contributed by atoms with Gasteiger partial charge in [-0.25, -0.2) is 0 Å². The molecular formula is C16H26N2O2. The predicted molar refractivity (Wildman–Crippen MR) is 81.8 cm³/mol. The van der Waals surface area contributed by atoms with Crippen molar-refractivity contribution in [1.29, 1.82) is 0 Å². The summed E-state index contributed by atoms with van der Waals surface area (Å²) in [4.78, 5) is 13.0. The largest absolute Gasteiger partial charge is 0.484 e. The third-order valence-corrected chi connectivity index (χ3v) is 2.99. The maximum absolute atomic E-state index is 11.5. The molecule has 1 N–H and O–H groups in total. The summed E-state index contributed by atoms with van der Waals surface area (Å²) in [7, 11) is 3.45. The van der Waals surface area contributed by atoms with E-state index in [4.69, 9.17) is 4.74 Å². The molecule has 0 saturated carbocycles. The van der Waals surface area contributed by atoms with Crippen molar-refractivity contribution in [3.05, 3.63) is 29.8 Å². The Morgan fingerprint density at radius 1 is 1.35 bits per heavy atom. The summed E-state index contributed by atoms with van der Waals surface area (Å²) >= 11 is 0. The number of likely N-dealkylation sites (N-methyl/N-ethyl adjacent to an activating group) is 1. The molecule has 0 bridgehead atoms. The number of carbonyl (C=O) groups excluding carboxylic acids is 1. The lowest BCUT2D eigenvalue weighted by Crippen LogP contribution is -2.27. The van der Waals surface area contributed by atoms with Gasteiger partial charge in [-0.05, 0) is 36.6 Å². The summed E-state index contributed by atoms with van der Waals surface area (Å²) in [6, 6.07) is 7.86. The Hall–Kier alpha value is -1.55. The van der Waals surface area contributed by atoms with E-state index >= 15 is 0 Å². The maximum atomic E-state index is 11.5. The van der Waals surface area contributed by atoms with Gasteiger partial charge in [0.2, 0.25) is 0 Å². The standard InChI is InChI=1S/C16H26N2O2/c1-13(2)8-9-17-11-14-6-5-7-15(10-14)20-12-16(19)18(3)4/h5-7,10,13,17H,8-9,11-12H2,1-4H3. The quantitative estimate of drug-likeness (QED) is 0.742. The van der Waals surface area contributed by atoms with Crippen molar-refractivity contribution in [2.24, 2.45) is 5.92 Å². The lowest BCUT2D eigenvalue weighted by molar-refractivity contribution is -0.130. The molecule has 0 aromatic heterocycles. The fraction of sp³-hybridized carbons (Fsp3) is 0.562. The van der Waals surface area contributed by atoms with Crippen LogP contribution in [0.2, 0.25) is 0 Å². The van der Waals surface area contributed by atoms with Crippen molar-refractivity contribution in [2.45, 2.75) is 26.8 Å². The van der Waals surface area contributed by atoms with Crippen molar-refractivity contribution >= 4 is 5.91 Å². The lowest BCUT2D eigenvalue weighted by atomic mass is 10.1. The number of ether oxygens (including phenoxy) is 1. The van der Waals surface area contributed by atoms with Crippen LogP contribution >= 0.6 is 0 Å². The molecule has 0 atom stereocenters. The van der Waals surface area contributed by atoms with Gasteiger partial charge in [0.15, 0.2) is 6.61 Å². The molecule has 0 unspecified atom stereocenters. The van der Waals surface area contributed by atoms with E-state index in [9.17, 15) is 4.79 Å². The Morgan fingerprint density at radius 3 is 2.75 bits per heavy atom. The minimum atomic E-state index is -0.0366. The molecule has 4 heteroatoms. The van der Waals surface area contributed by atoms with Gasteiger partial charge in [0.05, 0.1) is 0 Å². The summed E-state index contributed by atoms with van der Waals surface area (Å²) in [6.07, 6.45) is 1.17. The second kappa shape index (κ2) is 8.59. The van der Waals surface area contributed by atoms with Gasteiger partial charge in [0.25, 0.3) is 5.91 Å². The van der Waals surface area contributed by atoms with Gasteiger partial charge in [-0.2, -0.15) is 0 Å². The highest BCUT2D eigenvalue weighted by atomic mass is 16.5. The highest BCUT2D eigenvalue weighted by molar-refractivity contribution is 5.77. The molecular weight excluding hydrogens is 252 g/mol.